The van der Waals surface area contributed by atoms with Crippen LogP contribution in [0.1, 0.15) is 2.85 Å². The Hall–Kier alpha value is 4.18. The van der Waals surface area contributed by atoms with Crippen molar-refractivity contribution >= 4 is 27.3 Å². The first-order valence-electron chi connectivity index (χ1n) is 0. The zero-order chi connectivity index (χ0) is 0. The van der Waals surface area contributed by atoms with Crippen LogP contribution in [0.15, 0.2) is 0 Å². The Bertz CT molecular complexity index is 13.5. The maximum absolute atomic E-state index is 0. The fourth-order valence-electron chi connectivity index (χ4n) is 0. The number of rotatable bonds is 0. The molecule has 2 radical (unpaired) electrons. The molecule has 12 valence electrons. The van der Waals surface area contributed by atoms with Crippen molar-refractivity contribution in [3.05, 3.63) is 0 Å². The summed E-state index contributed by atoms with van der Waals surface area (Å²) in [5, 5.41) is 0. The van der Waals surface area contributed by atoms with Gasteiger partial charge in [-0.1, -0.05) is 0 Å². The van der Waals surface area contributed by atoms with Gasteiger partial charge in [-0.05, 0) is 0 Å². The van der Waals surface area contributed by atoms with Gasteiger partial charge in [-0.3, -0.25) is 0 Å². The summed E-state index contributed by atoms with van der Waals surface area (Å²) >= 11 is 0. The van der Waals surface area contributed by atoms with Gasteiger partial charge in [-0.2, -0.15) is 0 Å². The van der Waals surface area contributed by atoms with Gasteiger partial charge < -0.3 is 2.85 Å². The van der Waals surface area contributed by atoms with Crippen molar-refractivity contribution in [1.29, 1.82) is 0 Å². The second-order valence-electron chi connectivity index (χ2n) is 0. The molecule has 0 N–H and O–H groups in total. The summed E-state index contributed by atoms with van der Waals surface area (Å²) in [5.41, 5.74) is 0. The van der Waals surface area contributed by atoms with Crippen molar-refractivity contribution in [3.8, 4) is 0 Å². The number of hydrogen-bond acceptors (Lipinski definition) is 0. The third-order valence-corrected chi connectivity index (χ3v) is 0. The Labute approximate surface area is 127 Å². The minimum Gasteiger partial charge on any atom is 0 e. The van der Waals surface area contributed by atoms with Gasteiger partial charge in [0, 0.05) is 19.5 Å². The summed E-state index contributed by atoms with van der Waals surface area (Å²) in [6.45, 7) is 0. The monoisotopic (exact) mass is 338 g/mol. The van der Waals surface area contributed by atoms with Crippen LogP contribution in [0, 0.1) is 0 Å². The van der Waals surface area contributed by atoms with Crippen molar-refractivity contribution in [3.63, 3.8) is 0 Å². The van der Waals surface area contributed by atoms with E-state index < -0.39 is 0 Å². The minimum atomic E-state index is 0. The molecule has 0 rings (SSSR count). The molecule has 0 aliphatic carbocycles. The molecule has 0 aromatic rings. The molecule has 0 atom stereocenters. The standard InChI is InChI=1S/K.Na.Pb.Zn.4H/q2*+1;;;;;2*-1. The molecule has 0 fully saturated rings. The Balaban J connectivity index is 0. The maximum Gasteiger partial charge on any atom is 0 e. The zero-order valence-corrected chi connectivity index (χ0v) is 17.0. The quantitative estimate of drug-likeness (QED) is 0.385. The molecule has 0 amide bonds. The van der Waals surface area contributed by atoms with Gasteiger partial charge in [-0.25, -0.2) is 0 Å². The molecule has 0 spiro atoms. The summed E-state index contributed by atoms with van der Waals surface area (Å²) in [5.74, 6) is 0. The van der Waals surface area contributed by atoms with Crippen molar-refractivity contribution in [2.45, 2.75) is 0 Å². The Morgan fingerprint density at radius 1 is 1.25 bits per heavy atom. The first-order chi connectivity index (χ1) is 0. The molecule has 4 heteroatoms. The molecule has 4 heavy (non-hydrogen) atoms. The van der Waals surface area contributed by atoms with E-state index >= 15 is 0 Å². The van der Waals surface area contributed by atoms with E-state index in [0.717, 1.165) is 0 Å². The van der Waals surface area contributed by atoms with Crippen molar-refractivity contribution < 1.29 is 103 Å². The fourth-order valence-corrected chi connectivity index (χ4v) is 0. The first-order valence-corrected chi connectivity index (χ1v) is 0. The predicted octanol–water partition coefficient (Wildman–Crippen LogP) is -6.69. The molecule has 0 aromatic heterocycles. The molecule has 0 aliphatic heterocycles. The van der Waals surface area contributed by atoms with Crippen LogP contribution in [0.2, 0.25) is 0 Å². The van der Waals surface area contributed by atoms with E-state index in [-0.39, 0.29) is 131 Å². The van der Waals surface area contributed by atoms with E-state index in [1.165, 1.54) is 0 Å². The van der Waals surface area contributed by atoms with Crippen molar-refractivity contribution in [2.24, 2.45) is 0 Å². The van der Waals surface area contributed by atoms with E-state index in [4.69, 9.17) is 0 Å². The van der Waals surface area contributed by atoms with Crippen molar-refractivity contribution in [2.75, 3.05) is 0 Å². The Kier molecular flexibility index (Phi) is 94.7. The van der Waals surface area contributed by atoms with Gasteiger partial charge in [0.25, 0.3) is 0 Å². The van der Waals surface area contributed by atoms with E-state index in [0.29, 0.717) is 0 Å². The smallest absolute Gasteiger partial charge is 0 e. The fraction of sp³-hybridized carbons (Fsp3) is 0. The Morgan fingerprint density at radius 2 is 1.25 bits per heavy atom. The second-order valence-corrected chi connectivity index (χ2v) is 0. The molecule has 0 nitrogen and oxygen atoms in total. The van der Waals surface area contributed by atoms with Gasteiger partial charge >= 0.3 is 108 Å². The molecule has 0 aromatic carbocycles. The van der Waals surface area contributed by atoms with E-state index in [2.05, 4.69) is 0 Å². The SMILES string of the molecule is [H-].[H-].[K+].[Na+].[PbH2].[Zn]. The van der Waals surface area contributed by atoms with Crippen LogP contribution in [-0.4, -0.2) is 27.3 Å². The minimum absolute atomic E-state index is 0. The van der Waals surface area contributed by atoms with E-state index in [1.807, 2.05) is 0 Å². The molecule has 0 unspecified atom stereocenters. The average Bonchev–Trinajstić information content (AvgIpc) is 0. The summed E-state index contributed by atoms with van der Waals surface area (Å²) in [4.78, 5) is 0. The second kappa shape index (κ2) is 15.7. The van der Waals surface area contributed by atoms with Crippen LogP contribution in [0.5, 0.6) is 0 Å². The van der Waals surface area contributed by atoms with Crippen LogP contribution >= 0.6 is 0 Å². The zero-order valence-electron chi connectivity index (χ0n) is 5.41. The van der Waals surface area contributed by atoms with Gasteiger partial charge in [0.15, 0.2) is 0 Å². The molecule has 0 heterocycles. The van der Waals surface area contributed by atoms with Crippen LogP contribution in [0.4, 0.5) is 0 Å². The molecular weight excluding hydrogens is 335 g/mol. The molecule has 0 saturated carbocycles. The van der Waals surface area contributed by atoms with Gasteiger partial charge in [-0.15, -0.1) is 0 Å². The third kappa shape index (κ3) is 9.49. The summed E-state index contributed by atoms with van der Waals surface area (Å²) in [6.07, 6.45) is 0. The van der Waals surface area contributed by atoms with Crippen LogP contribution in [0.25, 0.3) is 0 Å². The predicted molar refractivity (Wildman–Crippen MR) is 10.8 cm³/mol. The summed E-state index contributed by atoms with van der Waals surface area (Å²) in [6, 6.07) is 0. The molecule has 0 aliphatic rings. The molecule has 0 saturated heterocycles. The third-order valence-electron chi connectivity index (χ3n) is 0. The number of hydrogen-bond donors (Lipinski definition) is 0. The summed E-state index contributed by atoms with van der Waals surface area (Å²) in [7, 11) is 0. The van der Waals surface area contributed by atoms with Crippen LogP contribution in [-0.2, 0) is 19.5 Å². The van der Waals surface area contributed by atoms with Crippen LogP contribution < -0.4 is 80.9 Å². The first kappa shape index (κ1) is 24.1. The van der Waals surface area contributed by atoms with Gasteiger partial charge in [0.2, 0.25) is 0 Å². The maximum atomic E-state index is 0. The van der Waals surface area contributed by atoms with E-state index in [1.54, 1.807) is 0 Å². The van der Waals surface area contributed by atoms with Crippen molar-refractivity contribution in [1.82, 2.24) is 0 Å². The molecular formula is H4KNaPbZn. The van der Waals surface area contributed by atoms with Gasteiger partial charge in [0.05, 0.1) is 0 Å². The summed E-state index contributed by atoms with van der Waals surface area (Å²) < 4.78 is 0. The Morgan fingerprint density at radius 3 is 1.25 bits per heavy atom. The van der Waals surface area contributed by atoms with Crippen LogP contribution in [0.3, 0.4) is 0 Å². The van der Waals surface area contributed by atoms with E-state index in [9.17, 15) is 0 Å². The van der Waals surface area contributed by atoms with Gasteiger partial charge in [0.1, 0.15) is 0 Å². The average molecular weight is 339 g/mol. The topological polar surface area (TPSA) is 0 Å². The molecule has 0 bridgehead atoms. The normalized spacial score (nSPS) is 0. The largest absolute Gasteiger partial charge is 0 e.